The van der Waals surface area contributed by atoms with Gasteiger partial charge in [0.2, 0.25) is 0 Å². The minimum Gasteiger partial charge on any atom is -0.390 e. The lowest BCUT2D eigenvalue weighted by atomic mass is 9.93. The highest BCUT2D eigenvalue weighted by Crippen LogP contribution is 2.30. The molecule has 20 heavy (non-hydrogen) atoms. The second-order valence-electron chi connectivity index (χ2n) is 5.67. The van der Waals surface area contributed by atoms with E-state index in [1.165, 1.54) is 12.1 Å². The Bertz CT molecular complexity index is 444. The van der Waals surface area contributed by atoms with Gasteiger partial charge < -0.3 is 15.3 Å². The van der Waals surface area contributed by atoms with Gasteiger partial charge in [-0.25, -0.2) is 8.78 Å². The van der Waals surface area contributed by atoms with Crippen molar-refractivity contribution in [1.82, 2.24) is 5.32 Å². The maximum absolute atomic E-state index is 14.1. The summed E-state index contributed by atoms with van der Waals surface area (Å²) in [5.41, 5.74) is -0.0932. The Labute approximate surface area is 118 Å². The van der Waals surface area contributed by atoms with E-state index >= 15 is 0 Å². The first-order valence-corrected chi connectivity index (χ1v) is 7.09. The molecular formula is C15H22F2N2O. The molecule has 1 aliphatic heterocycles. The van der Waals surface area contributed by atoms with Gasteiger partial charge in [-0.2, -0.15) is 0 Å². The molecular weight excluding hydrogens is 262 g/mol. The molecule has 0 aromatic heterocycles. The molecule has 3 nitrogen and oxygen atoms in total. The fourth-order valence-electron chi connectivity index (χ4n) is 2.50. The van der Waals surface area contributed by atoms with Crippen molar-refractivity contribution < 1.29 is 13.9 Å². The third-order valence-corrected chi connectivity index (χ3v) is 3.81. The zero-order valence-electron chi connectivity index (χ0n) is 12.0. The van der Waals surface area contributed by atoms with E-state index in [2.05, 4.69) is 5.32 Å². The van der Waals surface area contributed by atoms with Gasteiger partial charge in [-0.15, -0.1) is 0 Å². The van der Waals surface area contributed by atoms with Crippen LogP contribution in [0.25, 0.3) is 0 Å². The highest BCUT2D eigenvalue weighted by atomic mass is 19.1. The van der Waals surface area contributed by atoms with Crippen molar-refractivity contribution in [1.29, 1.82) is 0 Å². The van der Waals surface area contributed by atoms with E-state index in [4.69, 9.17) is 0 Å². The van der Waals surface area contributed by atoms with E-state index in [9.17, 15) is 13.9 Å². The van der Waals surface area contributed by atoms with Crippen molar-refractivity contribution in [2.75, 3.05) is 24.5 Å². The van der Waals surface area contributed by atoms with E-state index in [1.54, 1.807) is 11.8 Å². The van der Waals surface area contributed by atoms with Crippen molar-refractivity contribution in [3.63, 3.8) is 0 Å². The van der Waals surface area contributed by atoms with Gasteiger partial charge in [0.25, 0.3) is 0 Å². The summed E-state index contributed by atoms with van der Waals surface area (Å²) in [5.74, 6) is -1.06. The number of hydrogen-bond acceptors (Lipinski definition) is 3. The van der Waals surface area contributed by atoms with Gasteiger partial charge in [-0.3, -0.25) is 0 Å². The minimum absolute atomic E-state index is 0.0285. The van der Waals surface area contributed by atoms with E-state index < -0.39 is 17.2 Å². The summed E-state index contributed by atoms with van der Waals surface area (Å²) in [6.45, 7) is 5.85. The minimum atomic E-state index is -0.728. The summed E-state index contributed by atoms with van der Waals surface area (Å²) < 4.78 is 28.3. The van der Waals surface area contributed by atoms with Crippen molar-refractivity contribution >= 4 is 5.69 Å². The van der Waals surface area contributed by atoms with Crippen LogP contribution in [-0.4, -0.2) is 30.3 Å². The third-order valence-electron chi connectivity index (χ3n) is 3.81. The quantitative estimate of drug-likeness (QED) is 0.891. The van der Waals surface area contributed by atoms with Crippen LogP contribution in [0.15, 0.2) is 12.1 Å². The molecule has 1 saturated heterocycles. The highest BCUT2D eigenvalue weighted by molar-refractivity contribution is 5.51. The molecule has 0 unspecified atom stereocenters. The van der Waals surface area contributed by atoms with Gasteiger partial charge in [0.05, 0.1) is 5.60 Å². The van der Waals surface area contributed by atoms with Crippen molar-refractivity contribution in [3.05, 3.63) is 29.3 Å². The molecule has 0 atom stereocenters. The number of halogens is 2. The Morgan fingerprint density at radius 2 is 1.80 bits per heavy atom. The van der Waals surface area contributed by atoms with Gasteiger partial charge in [0, 0.05) is 19.6 Å². The Hall–Kier alpha value is -1.20. The molecule has 2 N–H and O–H groups in total. The van der Waals surface area contributed by atoms with Gasteiger partial charge in [-0.05, 0) is 44.0 Å². The largest absolute Gasteiger partial charge is 0.390 e. The first-order chi connectivity index (χ1) is 9.43. The van der Waals surface area contributed by atoms with Crippen LogP contribution in [0.5, 0.6) is 0 Å². The number of piperidine rings is 1. The molecule has 1 aliphatic rings. The summed E-state index contributed by atoms with van der Waals surface area (Å²) >= 11 is 0. The molecule has 1 fully saturated rings. The van der Waals surface area contributed by atoms with Crippen molar-refractivity contribution in [3.8, 4) is 0 Å². The number of nitrogens with one attached hydrogen (secondary N) is 1. The van der Waals surface area contributed by atoms with Crippen LogP contribution in [0.2, 0.25) is 0 Å². The summed E-state index contributed by atoms with van der Waals surface area (Å²) in [6, 6.07) is 2.77. The highest BCUT2D eigenvalue weighted by Gasteiger charge is 2.29. The number of rotatable bonds is 4. The molecule has 2 rings (SSSR count). The molecule has 0 radical (unpaired) electrons. The molecule has 5 heteroatoms. The molecule has 1 aromatic carbocycles. The van der Waals surface area contributed by atoms with Crippen LogP contribution in [0.3, 0.4) is 0 Å². The van der Waals surface area contributed by atoms with E-state index in [0.29, 0.717) is 38.0 Å². The first kappa shape index (κ1) is 15.2. The number of benzene rings is 1. The molecule has 0 bridgehead atoms. The van der Waals surface area contributed by atoms with Crippen LogP contribution >= 0.6 is 0 Å². The Morgan fingerprint density at radius 1 is 1.25 bits per heavy atom. The first-order valence-electron chi connectivity index (χ1n) is 7.09. The normalized spacial score (nSPS) is 18.4. The maximum atomic E-state index is 14.1. The van der Waals surface area contributed by atoms with E-state index in [1.807, 2.05) is 6.92 Å². The van der Waals surface area contributed by atoms with Gasteiger partial charge in [0.15, 0.2) is 0 Å². The summed E-state index contributed by atoms with van der Waals surface area (Å²) in [6.07, 6.45) is 1.04. The molecule has 0 aliphatic carbocycles. The monoisotopic (exact) mass is 284 g/mol. The van der Waals surface area contributed by atoms with Crippen LogP contribution < -0.4 is 10.2 Å². The number of anilines is 1. The topological polar surface area (TPSA) is 35.5 Å². The number of aliphatic hydroxyl groups is 1. The summed E-state index contributed by atoms with van der Waals surface area (Å²) in [7, 11) is 0. The maximum Gasteiger partial charge on any atom is 0.149 e. The Kier molecular flexibility index (Phi) is 4.60. The SMILES string of the molecule is CCNCc1cc(F)c(N2CCC(C)(O)CC2)c(F)c1. The predicted octanol–water partition coefficient (Wildman–Crippen LogP) is 2.43. The number of hydrogen-bond donors (Lipinski definition) is 2. The van der Waals surface area contributed by atoms with Crippen LogP contribution in [0, 0.1) is 11.6 Å². The molecule has 1 heterocycles. The van der Waals surface area contributed by atoms with Crippen LogP contribution in [-0.2, 0) is 6.54 Å². The Balaban J connectivity index is 2.16. The fourth-order valence-corrected chi connectivity index (χ4v) is 2.50. The van der Waals surface area contributed by atoms with Gasteiger partial charge in [-0.1, -0.05) is 6.92 Å². The third kappa shape index (κ3) is 3.46. The lowest BCUT2D eigenvalue weighted by Crippen LogP contribution is -2.43. The molecule has 0 spiro atoms. The van der Waals surface area contributed by atoms with E-state index in [0.717, 1.165) is 6.54 Å². The zero-order valence-corrected chi connectivity index (χ0v) is 12.0. The van der Waals surface area contributed by atoms with Gasteiger partial charge >= 0.3 is 0 Å². The van der Waals surface area contributed by atoms with Crippen molar-refractivity contribution in [2.24, 2.45) is 0 Å². The van der Waals surface area contributed by atoms with Gasteiger partial charge in [0.1, 0.15) is 17.3 Å². The zero-order chi connectivity index (χ0) is 14.8. The lowest BCUT2D eigenvalue weighted by Gasteiger charge is -2.37. The van der Waals surface area contributed by atoms with E-state index in [-0.39, 0.29) is 5.69 Å². The second kappa shape index (κ2) is 6.06. The van der Waals surface area contributed by atoms with Crippen molar-refractivity contribution in [2.45, 2.75) is 38.8 Å². The Morgan fingerprint density at radius 3 is 2.30 bits per heavy atom. The second-order valence-corrected chi connectivity index (χ2v) is 5.67. The average molecular weight is 284 g/mol. The van der Waals surface area contributed by atoms with Crippen LogP contribution in [0.4, 0.5) is 14.5 Å². The number of nitrogens with zero attached hydrogens (tertiary/aromatic N) is 1. The summed E-state index contributed by atoms with van der Waals surface area (Å²) in [5, 5.41) is 12.9. The van der Waals surface area contributed by atoms with Crippen LogP contribution in [0.1, 0.15) is 32.3 Å². The molecule has 1 aromatic rings. The predicted molar refractivity (Wildman–Crippen MR) is 75.8 cm³/mol. The molecule has 0 amide bonds. The molecule has 0 saturated carbocycles. The standard InChI is InChI=1S/C15H22F2N2O/c1-3-18-10-11-8-12(16)14(13(17)9-11)19-6-4-15(2,20)5-7-19/h8-9,18,20H,3-7,10H2,1-2H3. The molecule has 112 valence electrons. The average Bonchev–Trinajstić information content (AvgIpc) is 2.37. The fraction of sp³-hybridized carbons (Fsp3) is 0.600. The summed E-state index contributed by atoms with van der Waals surface area (Å²) in [4.78, 5) is 1.68. The lowest BCUT2D eigenvalue weighted by molar-refractivity contribution is 0.0349. The smallest absolute Gasteiger partial charge is 0.149 e.